The molecule has 1 atom stereocenters. The highest BCUT2D eigenvalue weighted by Crippen LogP contribution is 2.28. The third kappa shape index (κ3) is 4.70. The minimum atomic E-state index is -0.180. The van der Waals surface area contributed by atoms with Crippen molar-refractivity contribution in [3.63, 3.8) is 0 Å². The number of nitrogens with one attached hydrogen (secondary N) is 1. The summed E-state index contributed by atoms with van der Waals surface area (Å²) in [6.07, 6.45) is 2.00. The van der Waals surface area contributed by atoms with E-state index >= 15 is 0 Å². The van der Waals surface area contributed by atoms with Gasteiger partial charge in [-0.05, 0) is 49.6 Å². The van der Waals surface area contributed by atoms with Gasteiger partial charge in [-0.2, -0.15) is 0 Å². The second-order valence-electron chi connectivity index (χ2n) is 4.40. The number of para-hydroxylation sites is 1. The van der Waals surface area contributed by atoms with Crippen LogP contribution >= 0.6 is 35.1 Å². The van der Waals surface area contributed by atoms with Gasteiger partial charge in [-0.3, -0.25) is 4.79 Å². The fourth-order valence-electron chi connectivity index (χ4n) is 1.75. The van der Waals surface area contributed by atoms with Crippen LogP contribution in [0.4, 0.5) is 5.69 Å². The molecule has 2 rings (SSSR count). The van der Waals surface area contributed by atoms with Crippen LogP contribution in [-0.4, -0.2) is 17.4 Å². The lowest BCUT2D eigenvalue weighted by atomic mass is 10.3. The molecule has 0 heterocycles. The van der Waals surface area contributed by atoms with Crippen molar-refractivity contribution >= 4 is 46.7 Å². The summed E-state index contributed by atoms with van der Waals surface area (Å²) in [4.78, 5) is 14.4. The minimum absolute atomic E-state index is 0.00329. The van der Waals surface area contributed by atoms with Crippen LogP contribution < -0.4 is 5.32 Å². The molecule has 0 spiro atoms. The average Bonchev–Trinajstić information content (AvgIpc) is 2.50. The van der Waals surface area contributed by atoms with Crippen LogP contribution in [0.15, 0.2) is 58.3 Å². The van der Waals surface area contributed by atoms with E-state index in [4.69, 9.17) is 11.6 Å². The molecular formula is C16H16ClNOS2. The molecule has 0 radical (unpaired) electrons. The van der Waals surface area contributed by atoms with Crippen molar-refractivity contribution in [3.8, 4) is 0 Å². The summed E-state index contributed by atoms with van der Waals surface area (Å²) < 4.78 is 0. The molecule has 110 valence electrons. The SMILES string of the molecule is CSc1ccccc1NC(=O)[C@@H](C)Sc1ccc(Cl)cc1. The first kappa shape index (κ1) is 16.3. The molecule has 0 saturated carbocycles. The summed E-state index contributed by atoms with van der Waals surface area (Å²) in [5, 5.41) is 3.51. The van der Waals surface area contributed by atoms with E-state index < -0.39 is 0 Å². The Morgan fingerprint density at radius 3 is 2.48 bits per heavy atom. The Morgan fingerprint density at radius 2 is 1.81 bits per heavy atom. The molecule has 21 heavy (non-hydrogen) atoms. The fourth-order valence-corrected chi connectivity index (χ4v) is 3.30. The molecular weight excluding hydrogens is 322 g/mol. The topological polar surface area (TPSA) is 29.1 Å². The Labute approximate surface area is 138 Å². The molecule has 5 heteroatoms. The number of benzene rings is 2. The maximum Gasteiger partial charge on any atom is 0.237 e. The fraction of sp³-hybridized carbons (Fsp3) is 0.188. The third-order valence-electron chi connectivity index (χ3n) is 2.86. The van der Waals surface area contributed by atoms with Crippen molar-refractivity contribution < 1.29 is 4.79 Å². The number of hydrogen-bond acceptors (Lipinski definition) is 3. The van der Waals surface area contributed by atoms with Gasteiger partial charge in [-0.1, -0.05) is 23.7 Å². The van der Waals surface area contributed by atoms with Crippen molar-refractivity contribution in [2.75, 3.05) is 11.6 Å². The summed E-state index contributed by atoms with van der Waals surface area (Å²) in [6.45, 7) is 1.90. The van der Waals surface area contributed by atoms with Crippen LogP contribution in [0.5, 0.6) is 0 Å². The highest BCUT2D eigenvalue weighted by Gasteiger charge is 2.15. The predicted molar refractivity (Wildman–Crippen MR) is 93.6 cm³/mol. The zero-order valence-corrected chi connectivity index (χ0v) is 14.2. The van der Waals surface area contributed by atoms with E-state index in [2.05, 4.69) is 5.32 Å². The average molecular weight is 338 g/mol. The van der Waals surface area contributed by atoms with Gasteiger partial charge in [0.1, 0.15) is 0 Å². The number of thioether (sulfide) groups is 2. The first-order chi connectivity index (χ1) is 10.1. The molecule has 0 unspecified atom stereocenters. The van der Waals surface area contributed by atoms with Crippen LogP contribution in [0.25, 0.3) is 0 Å². The minimum Gasteiger partial charge on any atom is -0.324 e. The van der Waals surface area contributed by atoms with Crippen molar-refractivity contribution in [1.82, 2.24) is 0 Å². The highest BCUT2D eigenvalue weighted by atomic mass is 35.5. The molecule has 2 aromatic rings. The molecule has 0 saturated heterocycles. The second kappa shape index (κ2) is 7.78. The number of carbonyl (C=O) groups is 1. The second-order valence-corrected chi connectivity index (χ2v) is 7.10. The molecule has 2 aromatic carbocycles. The van der Waals surface area contributed by atoms with Gasteiger partial charge < -0.3 is 5.32 Å². The first-order valence-electron chi connectivity index (χ1n) is 6.46. The number of amides is 1. The monoisotopic (exact) mass is 337 g/mol. The van der Waals surface area contributed by atoms with Crippen molar-refractivity contribution in [2.45, 2.75) is 22.0 Å². The summed E-state index contributed by atoms with van der Waals surface area (Å²) in [7, 11) is 0. The third-order valence-corrected chi connectivity index (χ3v) is 5.02. The van der Waals surface area contributed by atoms with Gasteiger partial charge in [0.2, 0.25) is 5.91 Å². The smallest absolute Gasteiger partial charge is 0.237 e. The Bertz CT molecular complexity index is 616. The van der Waals surface area contributed by atoms with Gasteiger partial charge in [0.15, 0.2) is 0 Å². The molecule has 1 amide bonds. The quantitative estimate of drug-likeness (QED) is 0.762. The summed E-state index contributed by atoms with van der Waals surface area (Å²) in [6, 6.07) is 15.3. The molecule has 2 nitrogen and oxygen atoms in total. The lowest BCUT2D eigenvalue weighted by Gasteiger charge is -2.14. The van der Waals surface area contributed by atoms with E-state index in [0.717, 1.165) is 15.5 Å². The summed E-state index contributed by atoms with van der Waals surface area (Å²) >= 11 is 8.99. The van der Waals surface area contributed by atoms with Crippen LogP contribution in [-0.2, 0) is 4.79 Å². The number of halogens is 1. The molecule has 0 fully saturated rings. The van der Waals surface area contributed by atoms with Crippen molar-refractivity contribution in [2.24, 2.45) is 0 Å². The highest BCUT2D eigenvalue weighted by molar-refractivity contribution is 8.00. The normalized spacial score (nSPS) is 12.0. The maximum absolute atomic E-state index is 12.3. The van der Waals surface area contributed by atoms with Crippen molar-refractivity contribution in [1.29, 1.82) is 0 Å². The van der Waals surface area contributed by atoms with E-state index in [0.29, 0.717) is 5.02 Å². The van der Waals surface area contributed by atoms with E-state index in [1.165, 1.54) is 11.8 Å². The van der Waals surface area contributed by atoms with Gasteiger partial charge in [0, 0.05) is 14.8 Å². The van der Waals surface area contributed by atoms with Crippen LogP contribution in [0.3, 0.4) is 0 Å². The Hall–Kier alpha value is -1.10. The predicted octanol–water partition coefficient (Wildman–Crippen LogP) is 5.18. The van der Waals surface area contributed by atoms with Crippen LogP contribution in [0.1, 0.15) is 6.92 Å². The number of rotatable bonds is 5. The Morgan fingerprint density at radius 1 is 1.14 bits per heavy atom. The van der Waals surface area contributed by atoms with Gasteiger partial charge >= 0.3 is 0 Å². The lowest BCUT2D eigenvalue weighted by molar-refractivity contribution is -0.115. The Balaban J connectivity index is 2.01. The van der Waals surface area contributed by atoms with Crippen molar-refractivity contribution in [3.05, 3.63) is 53.6 Å². The van der Waals surface area contributed by atoms with Gasteiger partial charge in [0.25, 0.3) is 0 Å². The molecule has 0 aliphatic heterocycles. The molecule has 1 N–H and O–H groups in total. The molecule has 0 bridgehead atoms. The molecule has 0 aromatic heterocycles. The lowest BCUT2D eigenvalue weighted by Crippen LogP contribution is -2.22. The van der Waals surface area contributed by atoms with Gasteiger partial charge in [-0.15, -0.1) is 23.5 Å². The zero-order chi connectivity index (χ0) is 15.2. The van der Waals surface area contributed by atoms with E-state index in [9.17, 15) is 4.79 Å². The van der Waals surface area contributed by atoms with E-state index in [-0.39, 0.29) is 11.2 Å². The number of hydrogen-bond donors (Lipinski definition) is 1. The van der Waals surface area contributed by atoms with Crippen LogP contribution in [0.2, 0.25) is 5.02 Å². The van der Waals surface area contributed by atoms with E-state index in [1.807, 2.05) is 61.7 Å². The van der Waals surface area contributed by atoms with E-state index in [1.54, 1.807) is 11.8 Å². The summed E-state index contributed by atoms with van der Waals surface area (Å²) in [5.41, 5.74) is 0.860. The maximum atomic E-state index is 12.3. The standard InChI is InChI=1S/C16H16ClNOS2/c1-11(21-13-9-7-12(17)8-10-13)16(19)18-14-5-3-4-6-15(14)20-2/h3-11H,1-2H3,(H,18,19)/t11-/m1/s1. The molecule has 0 aliphatic rings. The number of carbonyl (C=O) groups excluding carboxylic acids is 1. The van der Waals surface area contributed by atoms with Gasteiger partial charge in [0.05, 0.1) is 10.9 Å². The first-order valence-corrected chi connectivity index (χ1v) is 8.94. The molecule has 0 aliphatic carbocycles. The van der Waals surface area contributed by atoms with Crippen LogP contribution in [0, 0.1) is 0 Å². The zero-order valence-electron chi connectivity index (χ0n) is 11.8. The largest absolute Gasteiger partial charge is 0.324 e. The summed E-state index contributed by atoms with van der Waals surface area (Å²) in [5.74, 6) is -0.00329. The number of anilines is 1. The van der Waals surface area contributed by atoms with Gasteiger partial charge in [-0.25, -0.2) is 0 Å². The Kier molecular flexibility index (Phi) is 6.03.